The number of thioether (sulfide) groups is 1. The third kappa shape index (κ3) is 3.71. The lowest BCUT2D eigenvalue weighted by Gasteiger charge is -2.24. The number of aromatic nitrogens is 2. The van der Waals surface area contributed by atoms with Crippen LogP contribution in [0.2, 0.25) is 5.15 Å². The normalized spacial score (nSPS) is 18.2. The summed E-state index contributed by atoms with van der Waals surface area (Å²) in [6, 6.07) is 11.2. The highest BCUT2D eigenvalue weighted by Crippen LogP contribution is 2.29. The Morgan fingerprint density at radius 1 is 1.32 bits per heavy atom. The SMILES string of the molecule is CSc1ccc2[nH]cc(C[C@H]3CCCN3Cc3ccc(Cl)nc3)c2c1. The second-order valence-corrected chi connectivity index (χ2v) is 7.95. The number of fused-ring (bicyclic) bond motifs is 1. The monoisotopic (exact) mass is 371 g/mol. The van der Waals surface area contributed by atoms with Gasteiger partial charge in [-0.25, -0.2) is 4.98 Å². The first-order valence-electron chi connectivity index (χ1n) is 8.71. The molecule has 1 fully saturated rings. The number of hydrogen-bond acceptors (Lipinski definition) is 3. The van der Waals surface area contributed by atoms with Crippen molar-refractivity contribution in [2.45, 2.75) is 36.7 Å². The first-order chi connectivity index (χ1) is 12.2. The Bertz CT molecular complexity index is 859. The largest absolute Gasteiger partial charge is 0.361 e. The molecule has 0 bridgehead atoms. The number of likely N-dealkylation sites (tertiary alicyclic amines) is 1. The number of H-pyrrole nitrogens is 1. The number of nitrogens with zero attached hydrogens (tertiary/aromatic N) is 2. The topological polar surface area (TPSA) is 31.9 Å². The van der Waals surface area contributed by atoms with Crippen molar-refractivity contribution in [3.05, 3.63) is 59.0 Å². The molecule has 1 N–H and O–H groups in total. The smallest absolute Gasteiger partial charge is 0.129 e. The van der Waals surface area contributed by atoms with E-state index in [-0.39, 0.29) is 0 Å². The van der Waals surface area contributed by atoms with E-state index in [2.05, 4.69) is 51.6 Å². The summed E-state index contributed by atoms with van der Waals surface area (Å²) in [5.74, 6) is 0. The molecule has 4 rings (SSSR count). The highest BCUT2D eigenvalue weighted by atomic mass is 35.5. The van der Waals surface area contributed by atoms with Crippen molar-refractivity contribution in [1.82, 2.24) is 14.9 Å². The number of pyridine rings is 1. The quantitative estimate of drug-likeness (QED) is 0.497. The molecule has 3 nitrogen and oxygen atoms in total. The van der Waals surface area contributed by atoms with Gasteiger partial charge in [0.05, 0.1) is 0 Å². The summed E-state index contributed by atoms with van der Waals surface area (Å²) in [6.07, 6.45) is 9.84. The van der Waals surface area contributed by atoms with Gasteiger partial charge in [0.25, 0.3) is 0 Å². The molecule has 0 aliphatic carbocycles. The maximum absolute atomic E-state index is 5.90. The van der Waals surface area contributed by atoms with Crippen molar-refractivity contribution < 1.29 is 0 Å². The van der Waals surface area contributed by atoms with Gasteiger partial charge in [0.2, 0.25) is 0 Å². The molecule has 1 saturated heterocycles. The van der Waals surface area contributed by atoms with Gasteiger partial charge < -0.3 is 4.98 Å². The van der Waals surface area contributed by atoms with Crippen LogP contribution >= 0.6 is 23.4 Å². The number of benzene rings is 1. The summed E-state index contributed by atoms with van der Waals surface area (Å²) in [6.45, 7) is 2.11. The number of nitrogens with one attached hydrogen (secondary N) is 1. The summed E-state index contributed by atoms with van der Waals surface area (Å²) < 4.78 is 0. The number of rotatable bonds is 5. The van der Waals surface area contributed by atoms with Gasteiger partial charge in [-0.15, -0.1) is 11.8 Å². The van der Waals surface area contributed by atoms with Crippen molar-refractivity contribution in [3.8, 4) is 0 Å². The molecule has 0 unspecified atom stereocenters. The molecular formula is C20H22ClN3S. The van der Waals surface area contributed by atoms with Crippen molar-refractivity contribution in [3.63, 3.8) is 0 Å². The zero-order valence-corrected chi connectivity index (χ0v) is 15.9. The fourth-order valence-corrected chi connectivity index (χ4v) is 4.33. The molecule has 1 aliphatic heterocycles. The van der Waals surface area contributed by atoms with Crippen molar-refractivity contribution >= 4 is 34.3 Å². The predicted octanol–water partition coefficient (Wildman–Crippen LogP) is 5.15. The molecule has 1 aliphatic rings. The van der Waals surface area contributed by atoms with Crippen molar-refractivity contribution in [1.29, 1.82) is 0 Å². The van der Waals surface area contributed by atoms with E-state index in [9.17, 15) is 0 Å². The Labute approximate surface area is 157 Å². The summed E-state index contributed by atoms with van der Waals surface area (Å²) >= 11 is 7.70. The fraction of sp³-hybridized carbons (Fsp3) is 0.350. The summed E-state index contributed by atoms with van der Waals surface area (Å²) in [7, 11) is 0. The Balaban J connectivity index is 1.52. The molecule has 5 heteroatoms. The van der Waals surface area contributed by atoms with Crippen LogP contribution in [-0.2, 0) is 13.0 Å². The molecule has 0 saturated carbocycles. The molecule has 25 heavy (non-hydrogen) atoms. The second kappa shape index (κ2) is 7.40. The van der Waals surface area contributed by atoms with E-state index in [4.69, 9.17) is 11.6 Å². The van der Waals surface area contributed by atoms with Gasteiger partial charge in [-0.1, -0.05) is 17.7 Å². The summed E-state index contributed by atoms with van der Waals surface area (Å²) in [4.78, 5) is 11.6. The van der Waals surface area contributed by atoms with Crippen LogP contribution in [0.3, 0.4) is 0 Å². The van der Waals surface area contributed by atoms with E-state index in [1.807, 2.05) is 12.3 Å². The Morgan fingerprint density at radius 2 is 2.24 bits per heavy atom. The van der Waals surface area contributed by atoms with Gasteiger partial charge in [0, 0.05) is 40.8 Å². The van der Waals surface area contributed by atoms with Crippen LogP contribution < -0.4 is 0 Å². The third-order valence-electron chi connectivity index (χ3n) is 5.10. The standard InChI is InChI=1S/C20H22ClN3S/c1-25-17-5-6-19-18(10-17)15(12-22-19)9-16-3-2-8-24(16)13-14-4-7-20(21)23-11-14/h4-7,10-12,16,22H,2-3,8-9,13H2,1H3/t16-/m1/s1. The maximum Gasteiger partial charge on any atom is 0.129 e. The number of aromatic amines is 1. The second-order valence-electron chi connectivity index (χ2n) is 6.69. The molecular weight excluding hydrogens is 350 g/mol. The molecule has 130 valence electrons. The van der Waals surface area contributed by atoms with Crippen LogP contribution in [0.1, 0.15) is 24.0 Å². The molecule has 1 atom stereocenters. The lowest BCUT2D eigenvalue weighted by molar-refractivity contribution is 0.244. The zero-order valence-electron chi connectivity index (χ0n) is 14.3. The number of hydrogen-bond donors (Lipinski definition) is 1. The van der Waals surface area contributed by atoms with Crippen LogP contribution in [0.25, 0.3) is 10.9 Å². The minimum absolute atomic E-state index is 0.560. The molecule has 3 aromatic rings. The van der Waals surface area contributed by atoms with E-state index in [0.717, 1.165) is 19.5 Å². The first-order valence-corrected chi connectivity index (χ1v) is 10.3. The molecule has 1 aromatic carbocycles. The molecule has 0 radical (unpaired) electrons. The Morgan fingerprint density at radius 3 is 3.04 bits per heavy atom. The molecule has 3 heterocycles. The van der Waals surface area contributed by atoms with E-state index in [1.54, 1.807) is 11.8 Å². The van der Waals surface area contributed by atoms with Crippen molar-refractivity contribution in [2.75, 3.05) is 12.8 Å². The first kappa shape index (κ1) is 17.0. The van der Waals surface area contributed by atoms with E-state index in [1.165, 1.54) is 39.8 Å². The van der Waals surface area contributed by atoms with Crippen LogP contribution in [0.4, 0.5) is 0 Å². The Hall–Kier alpha value is -1.49. The van der Waals surface area contributed by atoms with Crippen molar-refractivity contribution in [2.24, 2.45) is 0 Å². The summed E-state index contributed by atoms with van der Waals surface area (Å²) in [5, 5.41) is 1.93. The van der Waals surface area contributed by atoms with Gasteiger partial charge in [-0.05, 0) is 67.5 Å². The summed E-state index contributed by atoms with van der Waals surface area (Å²) in [5.41, 5.74) is 3.90. The van der Waals surface area contributed by atoms with Gasteiger partial charge in [0.15, 0.2) is 0 Å². The maximum atomic E-state index is 5.90. The van der Waals surface area contributed by atoms with Crippen LogP contribution in [0.15, 0.2) is 47.6 Å². The molecule has 0 spiro atoms. The average molecular weight is 372 g/mol. The van der Waals surface area contributed by atoms with E-state index >= 15 is 0 Å². The average Bonchev–Trinajstić information content (AvgIpc) is 3.24. The van der Waals surface area contributed by atoms with Crippen LogP contribution in [0, 0.1) is 0 Å². The fourth-order valence-electron chi connectivity index (χ4n) is 3.78. The highest BCUT2D eigenvalue weighted by Gasteiger charge is 2.25. The highest BCUT2D eigenvalue weighted by molar-refractivity contribution is 7.98. The molecule has 0 amide bonds. The Kier molecular flexibility index (Phi) is 5.02. The molecule has 2 aromatic heterocycles. The van der Waals surface area contributed by atoms with Gasteiger partial charge >= 0.3 is 0 Å². The minimum Gasteiger partial charge on any atom is -0.361 e. The van der Waals surface area contributed by atoms with Gasteiger partial charge in [-0.3, -0.25) is 4.90 Å². The third-order valence-corrected chi connectivity index (χ3v) is 6.05. The lowest BCUT2D eigenvalue weighted by Crippen LogP contribution is -2.30. The number of halogens is 1. The van der Waals surface area contributed by atoms with Crippen LogP contribution in [0.5, 0.6) is 0 Å². The van der Waals surface area contributed by atoms with E-state index < -0.39 is 0 Å². The van der Waals surface area contributed by atoms with Crippen LogP contribution in [-0.4, -0.2) is 33.7 Å². The van der Waals surface area contributed by atoms with E-state index in [0.29, 0.717) is 11.2 Å². The lowest BCUT2D eigenvalue weighted by atomic mass is 10.0. The van der Waals surface area contributed by atoms with Gasteiger partial charge in [0.1, 0.15) is 5.15 Å². The zero-order chi connectivity index (χ0) is 17.2. The predicted molar refractivity (Wildman–Crippen MR) is 106 cm³/mol. The minimum atomic E-state index is 0.560. The van der Waals surface area contributed by atoms with Gasteiger partial charge in [-0.2, -0.15) is 0 Å².